The smallest absolute Gasteiger partial charge is 0.388 e. The Bertz CT molecular complexity index is 1100. The molecular weight excluding hydrogens is 459 g/mol. The second-order valence-electron chi connectivity index (χ2n) is 8.88. The average molecular weight is 482 g/mol. The van der Waals surface area contributed by atoms with E-state index < -0.39 is 17.2 Å². The van der Waals surface area contributed by atoms with E-state index in [1.165, 1.54) is 0 Å². The number of fused-ring (bicyclic) bond motifs is 2. The average Bonchev–Trinajstić information content (AvgIpc) is 3.38. The van der Waals surface area contributed by atoms with Crippen LogP contribution in [-0.2, 0) is 35.2 Å². The predicted molar refractivity (Wildman–Crippen MR) is 116 cm³/mol. The van der Waals surface area contributed by atoms with E-state index in [1.807, 2.05) is 0 Å². The third kappa shape index (κ3) is 4.10. The van der Waals surface area contributed by atoms with Gasteiger partial charge in [-0.3, -0.25) is 4.79 Å². The van der Waals surface area contributed by atoms with Gasteiger partial charge in [-0.25, -0.2) is 9.97 Å². The second-order valence-corrected chi connectivity index (χ2v) is 9.22. The molecule has 2 bridgehead atoms. The van der Waals surface area contributed by atoms with E-state index in [0.717, 1.165) is 36.2 Å². The molecule has 0 atom stereocenters. The number of amides is 1. The summed E-state index contributed by atoms with van der Waals surface area (Å²) in [6, 6.07) is 3.80. The number of hydrogen-bond donors (Lipinski definition) is 2. The lowest BCUT2D eigenvalue weighted by Gasteiger charge is -2.40. The summed E-state index contributed by atoms with van der Waals surface area (Å²) in [6.45, 7) is 1.42. The van der Waals surface area contributed by atoms with Crippen molar-refractivity contribution < 1.29 is 22.7 Å². The molecule has 2 N–H and O–H groups in total. The molecule has 11 heteroatoms. The number of rotatable bonds is 5. The first-order valence-electron chi connectivity index (χ1n) is 10.8. The van der Waals surface area contributed by atoms with Crippen LogP contribution >= 0.6 is 11.6 Å². The van der Waals surface area contributed by atoms with Crippen LogP contribution in [0.1, 0.15) is 35.2 Å². The molecule has 3 aliphatic heterocycles. The van der Waals surface area contributed by atoms with Crippen LogP contribution in [0, 0.1) is 5.41 Å². The Balaban J connectivity index is 1.37. The molecule has 0 radical (unpaired) electrons. The highest BCUT2D eigenvalue weighted by atomic mass is 35.5. The molecule has 33 heavy (non-hydrogen) atoms. The standard InChI is InChI=1S/C22H23ClF3N5O2/c1-27-14-5-12(4-13(6-14)22(24,25)26)9-28-18-16-10-31(3-2-17(16)29-20(23)30-18)19(32)21-7-15(8-21)33-11-21/h4-6,15,27H,2-3,7-11H2,1H3,(H,28,29,30). The van der Waals surface area contributed by atoms with Crippen molar-refractivity contribution in [3.8, 4) is 0 Å². The van der Waals surface area contributed by atoms with Crippen molar-refractivity contribution in [1.82, 2.24) is 14.9 Å². The summed E-state index contributed by atoms with van der Waals surface area (Å²) in [7, 11) is 1.57. The van der Waals surface area contributed by atoms with Gasteiger partial charge < -0.3 is 20.3 Å². The number of carbonyl (C=O) groups is 1. The number of benzene rings is 1. The molecule has 1 aliphatic carbocycles. The lowest BCUT2D eigenvalue weighted by molar-refractivity contribution is -0.145. The first kappa shape index (κ1) is 22.2. The zero-order valence-corrected chi connectivity index (χ0v) is 18.7. The number of nitrogens with zero attached hydrogens (tertiary/aromatic N) is 3. The zero-order valence-electron chi connectivity index (χ0n) is 17.9. The van der Waals surface area contributed by atoms with Gasteiger partial charge in [0.25, 0.3) is 0 Å². The van der Waals surface area contributed by atoms with Crippen LogP contribution in [0.4, 0.5) is 24.7 Å². The molecule has 3 fully saturated rings. The summed E-state index contributed by atoms with van der Waals surface area (Å²) in [6.07, 6.45) is -2.20. The molecule has 4 heterocycles. The van der Waals surface area contributed by atoms with Gasteiger partial charge in [0.1, 0.15) is 5.82 Å². The number of alkyl halides is 3. The quantitative estimate of drug-likeness (QED) is 0.631. The molecule has 0 spiro atoms. The van der Waals surface area contributed by atoms with E-state index >= 15 is 0 Å². The summed E-state index contributed by atoms with van der Waals surface area (Å²) < 4.78 is 45.4. The highest BCUT2D eigenvalue weighted by Crippen LogP contribution is 2.51. The maximum atomic E-state index is 13.3. The number of carbonyl (C=O) groups excluding carboxylic acids is 1. The summed E-state index contributed by atoms with van der Waals surface area (Å²) in [5.74, 6) is 0.511. The van der Waals surface area contributed by atoms with Crippen LogP contribution in [0.5, 0.6) is 0 Å². The van der Waals surface area contributed by atoms with Crippen molar-refractivity contribution in [2.24, 2.45) is 5.41 Å². The molecule has 2 saturated heterocycles. The number of nitrogens with one attached hydrogen (secondary N) is 2. The van der Waals surface area contributed by atoms with Crippen LogP contribution in [0.25, 0.3) is 0 Å². The summed E-state index contributed by atoms with van der Waals surface area (Å²) in [5, 5.41) is 5.93. The Morgan fingerprint density at radius 2 is 2.09 bits per heavy atom. The number of ether oxygens (including phenoxy) is 1. The lowest BCUT2D eigenvalue weighted by atomic mass is 9.69. The second kappa shape index (κ2) is 8.02. The largest absolute Gasteiger partial charge is 0.416 e. The summed E-state index contributed by atoms with van der Waals surface area (Å²) in [4.78, 5) is 23.6. The van der Waals surface area contributed by atoms with Crippen molar-refractivity contribution in [2.75, 3.05) is 30.8 Å². The minimum atomic E-state index is -4.45. The third-order valence-corrected chi connectivity index (χ3v) is 6.84. The maximum absolute atomic E-state index is 13.3. The predicted octanol–water partition coefficient (Wildman–Crippen LogP) is 3.87. The van der Waals surface area contributed by atoms with Crippen molar-refractivity contribution in [3.63, 3.8) is 0 Å². The van der Waals surface area contributed by atoms with Crippen molar-refractivity contribution in [3.05, 3.63) is 45.9 Å². The minimum absolute atomic E-state index is 0.0561. The molecule has 1 aromatic carbocycles. The van der Waals surface area contributed by atoms with E-state index in [9.17, 15) is 18.0 Å². The van der Waals surface area contributed by atoms with Gasteiger partial charge >= 0.3 is 6.18 Å². The van der Waals surface area contributed by atoms with Gasteiger partial charge in [-0.1, -0.05) is 0 Å². The lowest BCUT2D eigenvalue weighted by Crippen LogP contribution is -2.50. The maximum Gasteiger partial charge on any atom is 0.416 e. The van der Waals surface area contributed by atoms with Crippen LogP contribution < -0.4 is 10.6 Å². The highest BCUT2D eigenvalue weighted by Gasteiger charge is 2.58. The van der Waals surface area contributed by atoms with Gasteiger partial charge in [0.15, 0.2) is 0 Å². The third-order valence-electron chi connectivity index (χ3n) is 6.67. The van der Waals surface area contributed by atoms with E-state index in [0.29, 0.717) is 43.2 Å². The van der Waals surface area contributed by atoms with Gasteiger partial charge in [0.2, 0.25) is 11.2 Å². The van der Waals surface area contributed by atoms with E-state index in [1.54, 1.807) is 18.0 Å². The van der Waals surface area contributed by atoms with Crippen LogP contribution in [0.15, 0.2) is 18.2 Å². The number of hydrogen-bond acceptors (Lipinski definition) is 6. The molecule has 6 rings (SSSR count). The van der Waals surface area contributed by atoms with Crippen LogP contribution in [-0.4, -0.2) is 47.1 Å². The Kier molecular flexibility index (Phi) is 5.40. The summed E-state index contributed by atoms with van der Waals surface area (Å²) >= 11 is 6.11. The van der Waals surface area contributed by atoms with E-state index in [4.69, 9.17) is 16.3 Å². The Morgan fingerprint density at radius 1 is 1.30 bits per heavy atom. The van der Waals surface area contributed by atoms with Crippen LogP contribution in [0.3, 0.4) is 0 Å². The molecular formula is C22H23ClF3N5O2. The minimum Gasteiger partial charge on any atom is -0.388 e. The first-order valence-corrected chi connectivity index (χ1v) is 11.1. The van der Waals surface area contributed by atoms with Crippen molar-refractivity contribution in [2.45, 2.75) is 44.6 Å². The molecule has 1 aromatic heterocycles. The van der Waals surface area contributed by atoms with Gasteiger partial charge in [-0.15, -0.1) is 0 Å². The Morgan fingerprint density at radius 3 is 2.76 bits per heavy atom. The first-order chi connectivity index (χ1) is 15.7. The fraction of sp³-hybridized carbons (Fsp3) is 0.500. The Labute approximate surface area is 193 Å². The molecule has 7 nitrogen and oxygen atoms in total. The molecule has 176 valence electrons. The van der Waals surface area contributed by atoms with Crippen LogP contribution in [0.2, 0.25) is 5.28 Å². The fourth-order valence-corrected chi connectivity index (χ4v) is 5.07. The molecule has 1 saturated carbocycles. The zero-order chi connectivity index (χ0) is 23.4. The molecule has 1 amide bonds. The molecule has 2 aromatic rings. The molecule has 4 aliphatic rings. The highest BCUT2D eigenvalue weighted by molar-refractivity contribution is 6.28. The van der Waals surface area contributed by atoms with Gasteiger partial charge in [0, 0.05) is 37.8 Å². The fourth-order valence-electron chi connectivity index (χ4n) is 4.89. The van der Waals surface area contributed by atoms with Gasteiger partial charge in [-0.2, -0.15) is 13.2 Å². The Hall–Kier alpha value is -2.59. The number of anilines is 2. The van der Waals surface area contributed by atoms with Crippen molar-refractivity contribution in [1.29, 1.82) is 0 Å². The molecule has 0 unspecified atom stereocenters. The summed E-state index contributed by atoms with van der Waals surface area (Å²) in [5.41, 5.74) is 1.13. The number of halogens is 4. The van der Waals surface area contributed by atoms with E-state index in [-0.39, 0.29) is 23.8 Å². The SMILES string of the molecule is CNc1cc(CNc2nc(Cl)nc3c2CN(C(=O)C24COC(C2)C4)CC3)cc(C(F)(F)F)c1. The normalized spacial score (nSPS) is 23.7. The monoisotopic (exact) mass is 481 g/mol. The number of aromatic nitrogens is 2. The van der Waals surface area contributed by atoms with E-state index in [2.05, 4.69) is 20.6 Å². The van der Waals surface area contributed by atoms with Crippen molar-refractivity contribution >= 4 is 29.0 Å². The topological polar surface area (TPSA) is 79.4 Å². The van der Waals surface area contributed by atoms with Gasteiger partial charge in [0.05, 0.1) is 35.9 Å². The van der Waals surface area contributed by atoms with Gasteiger partial charge in [-0.05, 0) is 48.2 Å².